The van der Waals surface area contributed by atoms with E-state index in [1.54, 1.807) is 11.6 Å². The van der Waals surface area contributed by atoms with E-state index in [9.17, 15) is 9.18 Å². The third-order valence-corrected chi connectivity index (χ3v) is 6.48. The van der Waals surface area contributed by atoms with Gasteiger partial charge in [0, 0.05) is 12.1 Å². The molecule has 3 heterocycles. The lowest BCUT2D eigenvalue weighted by Gasteiger charge is -2.39. The Morgan fingerprint density at radius 3 is 2.54 bits per heavy atom. The highest BCUT2D eigenvalue weighted by Gasteiger charge is 2.44. The lowest BCUT2D eigenvalue weighted by molar-refractivity contribution is 0.0575. The molecule has 2 saturated heterocycles. The molecule has 0 saturated carbocycles. The number of carbonyl (C=O) groups is 1. The van der Waals surface area contributed by atoms with Crippen LogP contribution in [0.2, 0.25) is 0 Å². The van der Waals surface area contributed by atoms with Crippen LogP contribution in [0.5, 0.6) is 0 Å². The van der Waals surface area contributed by atoms with Gasteiger partial charge in [0.25, 0.3) is 5.91 Å². The molecule has 1 aromatic carbocycles. The summed E-state index contributed by atoms with van der Waals surface area (Å²) in [6.45, 7) is 3.72. The maximum atomic E-state index is 13.5. The molecule has 0 radical (unpaired) electrons. The molecule has 1 amide bonds. The molecule has 2 aliphatic heterocycles. The quantitative estimate of drug-likeness (QED) is 0.806. The number of nitrogens with zero attached hydrogens (tertiary/aromatic N) is 2. The van der Waals surface area contributed by atoms with Crippen LogP contribution in [-0.4, -0.2) is 27.9 Å². The second kappa shape index (κ2) is 5.96. The number of carbonyl (C=O) groups excluding carboxylic acids is 1. The fourth-order valence-electron chi connectivity index (χ4n) is 4.33. The summed E-state index contributed by atoms with van der Waals surface area (Å²) in [6, 6.07) is 6.06. The van der Waals surface area contributed by atoms with Crippen molar-refractivity contribution in [2.45, 2.75) is 57.5 Å². The average Bonchev–Trinajstić information content (AvgIpc) is 3.10. The first-order valence-electron chi connectivity index (χ1n) is 8.53. The van der Waals surface area contributed by atoms with Crippen molar-refractivity contribution in [2.75, 3.05) is 0 Å². The minimum absolute atomic E-state index is 0.144. The number of aromatic nitrogens is 1. The number of hydrogen-bond acceptors (Lipinski definition) is 3. The number of piperidine rings is 1. The Bertz CT molecular complexity index is 773. The van der Waals surface area contributed by atoms with E-state index in [2.05, 4.69) is 9.88 Å². The van der Waals surface area contributed by atoms with Gasteiger partial charge in [0.05, 0.1) is 11.2 Å². The molecule has 3 atom stereocenters. The number of rotatable bonds is 2. The zero-order chi connectivity index (χ0) is 16.8. The van der Waals surface area contributed by atoms with Crippen LogP contribution in [-0.2, 0) is 0 Å². The summed E-state index contributed by atoms with van der Waals surface area (Å²) in [5.41, 5.74) is 4.50. The number of aryl methyl sites for hydroxylation is 2. The lowest BCUT2D eigenvalue weighted by atomic mass is 9.84. The van der Waals surface area contributed by atoms with E-state index in [4.69, 9.17) is 0 Å². The zero-order valence-corrected chi connectivity index (χ0v) is 14.8. The Hall–Kier alpha value is -1.75. The Kier molecular flexibility index (Phi) is 3.91. The van der Waals surface area contributed by atoms with E-state index in [-0.39, 0.29) is 11.7 Å². The van der Waals surface area contributed by atoms with Crippen LogP contribution >= 0.6 is 11.3 Å². The molecule has 3 nitrogen and oxygen atoms in total. The standard InChI is InChI=1S/C19H21FN2OS/c1-11-7-13(3-6-17(11)20)14-8-15-4-5-16(9-14)22(15)19(23)18-12(2)21-10-24-18/h3,6-7,10,14-16H,4-5,8-9H2,1-2H3/t14?,15-,16+. The Labute approximate surface area is 145 Å². The molecule has 0 aliphatic carbocycles. The third kappa shape index (κ3) is 2.55. The molecule has 24 heavy (non-hydrogen) atoms. The van der Waals surface area contributed by atoms with Crippen molar-refractivity contribution in [1.29, 1.82) is 0 Å². The van der Waals surface area contributed by atoms with Gasteiger partial charge in [0.1, 0.15) is 10.7 Å². The molecule has 0 spiro atoms. The number of fused-ring (bicyclic) bond motifs is 2. The van der Waals surface area contributed by atoms with E-state index >= 15 is 0 Å². The molecule has 1 unspecified atom stereocenters. The van der Waals surface area contributed by atoms with E-state index in [1.807, 2.05) is 26.0 Å². The second-order valence-electron chi connectivity index (χ2n) is 7.04. The Balaban J connectivity index is 1.56. The number of halogens is 1. The number of hydrogen-bond donors (Lipinski definition) is 0. The first-order valence-corrected chi connectivity index (χ1v) is 9.41. The van der Waals surface area contributed by atoms with Crippen LogP contribution < -0.4 is 0 Å². The maximum absolute atomic E-state index is 13.5. The second-order valence-corrected chi connectivity index (χ2v) is 7.90. The van der Waals surface area contributed by atoms with E-state index in [1.165, 1.54) is 16.9 Å². The van der Waals surface area contributed by atoms with Gasteiger partial charge >= 0.3 is 0 Å². The monoisotopic (exact) mass is 344 g/mol. The topological polar surface area (TPSA) is 33.2 Å². The van der Waals surface area contributed by atoms with Crippen LogP contribution in [0, 0.1) is 19.7 Å². The fraction of sp³-hybridized carbons (Fsp3) is 0.474. The molecule has 0 N–H and O–H groups in total. The summed E-state index contributed by atoms with van der Waals surface area (Å²) in [4.78, 5) is 20.0. The van der Waals surface area contributed by atoms with Crippen molar-refractivity contribution in [3.63, 3.8) is 0 Å². The molecule has 126 valence electrons. The third-order valence-electron chi connectivity index (χ3n) is 5.56. The Morgan fingerprint density at radius 1 is 1.25 bits per heavy atom. The minimum atomic E-state index is -0.144. The van der Waals surface area contributed by atoms with Crippen LogP contribution in [0.1, 0.15) is 58.1 Å². The van der Waals surface area contributed by atoms with Crippen LogP contribution in [0.4, 0.5) is 4.39 Å². The highest BCUT2D eigenvalue weighted by Crippen LogP contribution is 2.44. The van der Waals surface area contributed by atoms with Gasteiger partial charge in [0.15, 0.2) is 0 Å². The predicted octanol–water partition coefficient (Wildman–Crippen LogP) is 4.45. The van der Waals surface area contributed by atoms with Gasteiger partial charge in [-0.15, -0.1) is 11.3 Å². The molecule has 2 fully saturated rings. The molecule has 5 heteroatoms. The van der Waals surface area contributed by atoms with Crippen LogP contribution in [0.15, 0.2) is 23.7 Å². The first-order chi connectivity index (χ1) is 11.5. The summed E-state index contributed by atoms with van der Waals surface area (Å²) in [5.74, 6) is 0.430. The van der Waals surface area contributed by atoms with Gasteiger partial charge in [-0.25, -0.2) is 9.37 Å². The average molecular weight is 344 g/mol. The molecule has 2 aliphatic rings. The SMILES string of the molecule is Cc1cc(C2C[C@H]3CC[C@@H](C2)N3C(=O)c2scnc2C)ccc1F. The highest BCUT2D eigenvalue weighted by molar-refractivity contribution is 7.11. The van der Waals surface area contributed by atoms with Gasteiger partial charge < -0.3 is 4.90 Å². The number of thiazole rings is 1. The van der Waals surface area contributed by atoms with Crippen molar-refractivity contribution in [2.24, 2.45) is 0 Å². The lowest BCUT2D eigenvalue weighted by Crippen LogP contribution is -2.46. The zero-order valence-electron chi connectivity index (χ0n) is 14.0. The van der Waals surface area contributed by atoms with Crippen LogP contribution in [0.25, 0.3) is 0 Å². The van der Waals surface area contributed by atoms with Crippen molar-refractivity contribution >= 4 is 17.2 Å². The van der Waals surface area contributed by atoms with Gasteiger partial charge in [-0.1, -0.05) is 12.1 Å². The Morgan fingerprint density at radius 2 is 1.96 bits per heavy atom. The molecular weight excluding hydrogens is 323 g/mol. The summed E-state index contributed by atoms with van der Waals surface area (Å²) in [5, 5.41) is 0. The normalized spacial score (nSPS) is 26.0. The molecule has 4 rings (SSSR count). The van der Waals surface area contributed by atoms with Gasteiger partial charge in [-0.2, -0.15) is 0 Å². The molecule has 1 aromatic heterocycles. The first kappa shape index (κ1) is 15.8. The summed E-state index contributed by atoms with van der Waals surface area (Å²) in [7, 11) is 0. The van der Waals surface area contributed by atoms with Crippen molar-refractivity contribution in [3.8, 4) is 0 Å². The van der Waals surface area contributed by atoms with Gasteiger partial charge in [-0.05, 0) is 62.6 Å². The van der Waals surface area contributed by atoms with Crippen molar-refractivity contribution < 1.29 is 9.18 Å². The maximum Gasteiger partial charge on any atom is 0.266 e. The summed E-state index contributed by atoms with van der Waals surface area (Å²) >= 11 is 1.44. The number of benzene rings is 1. The van der Waals surface area contributed by atoms with Crippen molar-refractivity contribution in [1.82, 2.24) is 9.88 Å². The summed E-state index contributed by atoms with van der Waals surface area (Å²) < 4.78 is 13.5. The van der Waals surface area contributed by atoms with Crippen molar-refractivity contribution in [3.05, 3.63) is 51.2 Å². The molecule has 2 bridgehead atoms. The highest BCUT2D eigenvalue weighted by atomic mass is 32.1. The van der Waals surface area contributed by atoms with Crippen LogP contribution in [0.3, 0.4) is 0 Å². The fourth-order valence-corrected chi connectivity index (χ4v) is 5.07. The minimum Gasteiger partial charge on any atom is -0.332 e. The predicted molar refractivity (Wildman–Crippen MR) is 92.9 cm³/mol. The van der Waals surface area contributed by atoms with Gasteiger partial charge in [0.2, 0.25) is 0 Å². The smallest absolute Gasteiger partial charge is 0.266 e. The largest absolute Gasteiger partial charge is 0.332 e. The van der Waals surface area contributed by atoms with E-state index < -0.39 is 0 Å². The molecular formula is C19H21FN2OS. The van der Waals surface area contributed by atoms with E-state index in [0.29, 0.717) is 23.6 Å². The van der Waals surface area contributed by atoms with Gasteiger partial charge in [-0.3, -0.25) is 4.79 Å². The summed E-state index contributed by atoms with van der Waals surface area (Å²) in [6.07, 6.45) is 4.10. The molecule has 2 aromatic rings. The number of amides is 1. The van der Waals surface area contributed by atoms with E-state index in [0.717, 1.165) is 36.3 Å².